The second-order valence-corrected chi connectivity index (χ2v) is 5.59. The van der Waals surface area contributed by atoms with E-state index in [1.165, 1.54) is 24.0 Å². The fourth-order valence-corrected chi connectivity index (χ4v) is 3.34. The molecule has 3 nitrogen and oxygen atoms in total. The Morgan fingerprint density at radius 3 is 2.79 bits per heavy atom. The number of ether oxygens (including phenoxy) is 2. The van der Waals surface area contributed by atoms with Gasteiger partial charge >= 0.3 is 0 Å². The largest absolute Gasteiger partial charge is 0.486 e. The Kier molecular flexibility index (Phi) is 3.85. The Balaban J connectivity index is 2.05. The topological polar surface area (TPSA) is 30.5 Å². The molecule has 0 amide bonds. The van der Waals surface area contributed by atoms with Gasteiger partial charge in [-0.15, -0.1) is 0 Å². The SMILES string of the molecule is CCc1c(C2CCCNC2)cc(Cl)c2c1OCCO2. The quantitative estimate of drug-likeness (QED) is 0.903. The lowest BCUT2D eigenvalue weighted by Crippen LogP contribution is -2.29. The molecule has 0 bridgehead atoms. The average Bonchev–Trinajstić information content (AvgIpc) is 2.48. The fourth-order valence-electron chi connectivity index (χ4n) is 3.09. The molecule has 1 fully saturated rings. The van der Waals surface area contributed by atoms with Crippen molar-refractivity contribution in [2.24, 2.45) is 0 Å². The summed E-state index contributed by atoms with van der Waals surface area (Å²) < 4.78 is 11.5. The third-order valence-electron chi connectivity index (χ3n) is 3.99. The lowest BCUT2D eigenvalue weighted by atomic mass is 9.87. The zero-order chi connectivity index (χ0) is 13.2. The Bertz CT molecular complexity index is 470. The van der Waals surface area contributed by atoms with Crippen LogP contribution in [0.1, 0.15) is 36.8 Å². The van der Waals surface area contributed by atoms with Gasteiger partial charge in [0.15, 0.2) is 11.5 Å². The molecule has 4 heteroatoms. The summed E-state index contributed by atoms with van der Waals surface area (Å²) in [7, 11) is 0. The van der Waals surface area contributed by atoms with Gasteiger partial charge in [-0.05, 0) is 43.4 Å². The van der Waals surface area contributed by atoms with Gasteiger partial charge in [-0.1, -0.05) is 18.5 Å². The molecular formula is C15H20ClNO2. The predicted molar refractivity (Wildman–Crippen MR) is 76.7 cm³/mol. The molecule has 2 aliphatic heterocycles. The molecule has 3 rings (SSSR count). The minimum absolute atomic E-state index is 0.539. The molecule has 1 unspecified atom stereocenters. The van der Waals surface area contributed by atoms with Crippen molar-refractivity contribution in [2.45, 2.75) is 32.1 Å². The van der Waals surface area contributed by atoms with Gasteiger partial charge in [-0.25, -0.2) is 0 Å². The molecule has 1 N–H and O–H groups in total. The van der Waals surface area contributed by atoms with Crippen LogP contribution in [-0.2, 0) is 6.42 Å². The van der Waals surface area contributed by atoms with Crippen molar-refractivity contribution < 1.29 is 9.47 Å². The highest BCUT2D eigenvalue weighted by molar-refractivity contribution is 6.32. The van der Waals surface area contributed by atoms with E-state index in [2.05, 4.69) is 18.3 Å². The molecule has 1 aromatic carbocycles. The summed E-state index contributed by atoms with van der Waals surface area (Å²) >= 11 is 6.37. The van der Waals surface area contributed by atoms with Crippen LogP contribution in [0.4, 0.5) is 0 Å². The molecule has 0 radical (unpaired) electrons. The summed E-state index contributed by atoms with van der Waals surface area (Å²) in [6.45, 7) is 5.52. The van der Waals surface area contributed by atoms with Crippen LogP contribution in [0.5, 0.6) is 11.5 Å². The predicted octanol–water partition coefficient (Wildman–Crippen LogP) is 3.14. The van der Waals surface area contributed by atoms with E-state index >= 15 is 0 Å². The average molecular weight is 282 g/mol. The zero-order valence-electron chi connectivity index (χ0n) is 11.3. The second-order valence-electron chi connectivity index (χ2n) is 5.18. The lowest BCUT2D eigenvalue weighted by Gasteiger charge is -2.29. The van der Waals surface area contributed by atoms with Gasteiger partial charge in [0, 0.05) is 12.1 Å². The van der Waals surface area contributed by atoms with Crippen molar-refractivity contribution in [1.82, 2.24) is 5.32 Å². The third-order valence-corrected chi connectivity index (χ3v) is 4.28. The molecule has 2 heterocycles. The number of hydrogen-bond acceptors (Lipinski definition) is 3. The zero-order valence-corrected chi connectivity index (χ0v) is 12.1. The standard InChI is InChI=1S/C15H20ClNO2/c1-2-11-12(10-4-3-5-17-9-10)8-13(16)15-14(11)18-6-7-19-15/h8,10,17H,2-7,9H2,1H3. The van der Waals surface area contributed by atoms with Crippen LogP contribution >= 0.6 is 11.6 Å². The monoisotopic (exact) mass is 281 g/mol. The van der Waals surface area contributed by atoms with Crippen LogP contribution in [-0.4, -0.2) is 26.3 Å². The summed E-state index contributed by atoms with van der Waals surface area (Å²) in [5.74, 6) is 2.15. The first-order valence-corrected chi connectivity index (χ1v) is 7.50. The van der Waals surface area contributed by atoms with Crippen molar-refractivity contribution in [3.63, 3.8) is 0 Å². The van der Waals surface area contributed by atoms with Crippen molar-refractivity contribution in [3.8, 4) is 11.5 Å². The van der Waals surface area contributed by atoms with Crippen molar-refractivity contribution in [2.75, 3.05) is 26.3 Å². The maximum Gasteiger partial charge on any atom is 0.180 e. The second kappa shape index (κ2) is 5.59. The van der Waals surface area contributed by atoms with E-state index in [1.807, 2.05) is 0 Å². The van der Waals surface area contributed by atoms with Crippen LogP contribution in [0.2, 0.25) is 5.02 Å². The Hall–Kier alpha value is -0.930. The maximum atomic E-state index is 6.37. The highest BCUT2D eigenvalue weighted by Crippen LogP contribution is 2.45. The Morgan fingerprint density at radius 1 is 1.32 bits per heavy atom. The van der Waals surface area contributed by atoms with Crippen molar-refractivity contribution in [3.05, 3.63) is 22.2 Å². The van der Waals surface area contributed by atoms with E-state index < -0.39 is 0 Å². The van der Waals surface area contributed by atoms with E-state index in [9.17, 15) is 0 Å². The number of halogens is 1. The van der Waals surface area contributed by atoms with Gasteiger partial charge < -0.3 is 14.8 Å². The highest BCUT2D eigenvalue weighted by atomic mass is 35.5. The first-order chi connectivity index (χ1) is 9.31. The van der Waals surface area contributed by atoms with E-state index in [4.69, 9.17) is 21.1 Å². The summed E-state index contributed by atoms with van der Waals surface area (Å²) in [6.07, 6.45) is 3.39. The first-order valence-electron chi connectivity index (χ1n) is 7.12. The van der Waals surface area contributed by atoms with Crippen molar-refractivity contribution in [1.29, 1.82) is 0 Å². The van der Waals surface area contributed by atoms with Crippen molar-refractivity contribution >= 4 is 11.6 Å². The molecule has 1 atom stereocenters. The van der Waals surface area contributed by atoms with Gasteiger partial charge in [0.1, 0.15) is 13.2 Å². The van der Waals surface area contributed by atoms with Crippen LogP contribution in [0, 0.1) is 0 Å². The molecule has 19 heavy (non-hydrogen) atoms. The molecule has 0 saturated carbocycles. The third kappa shape index (κ3) is 2.41. The molecule has 1 aromatic rings. The molecule has 0 aromatic heterocycles. The normalized spacial score (nSPS) is 22.3. The first kappa shape index (κ1) is 13.1. The number of hydrogen-bond donors (Lipinski definition) is 1. The van der Waals surface area contributed by atoms with Crippen LogP contribution < -0.4 is 14.8 Å². The molecule has 0 spiro atoms. The van der Waals surface area contributed by atoms with Crippen LogP contribution in [0.3, 0.4) is 0 Å². The van der Waals surface area contributed by atoms with E-state index in [0.717, 1.165) is 31.0 Å². The minimum atomic E-state index is 0.539. The van der Waals surface area contributed by atoms with Gasteiger partial charge in [0.25, 0.3) is 0 Å². The summed E-state index contributed by atoms with van der Waals surface area (Å²) in [5.41, 5.74) is 2.61. The molecule has 2 aliphatic rings. The summed E-state index contributed by atoms with van der Waals surface area (Å²) in [5, 5.41) is 4.16. The van der Waals surface area contributed by atoms with Gasteiger partial charge in [0.2, 0.25) is 0 Å². The smallest absolute Gasteiger partial charge is 0.180 e. The highest BCUT2D eigenvalue weighted by Gasteiger charge is 2.26. The molecule has 104 valence electrons. The number of piperidine rings is 1. The molecule has 1 saturated heterocycles. The van der Waals surface area contributed by atoms with Crippen LogP contribution in [0.25, 0.3) is 0 Å². The number of rotatable bonds is 2. The van der Waals surface area contributed by atoms with E-state index in [1.54, 1.807) is 0 Å². The Morgan fingerprint density at radius 2 is 2.11 bits per heavy atom. The number of nitrogens with one attached hydrogen (secondary N) is 1. The van der Waals surface area contributed by atoms with Gasteiger partial charge in [0.05, 0.1) is 5.02 Å². The minimum Gasteiger partial charge on any atom is -0.486 e. The molecular weight excluding hydrogens is 262 g/mol. The maximum absolute atomic E-state index is 6.37. The van der Waals surface area contributed by atoms with Gasteiger partial charge in [-0.2, -0.15) is 0 Å². The number of benzene rings is 1. The van der Waals surface area contributed by atoms with E-state index in [0.29, 0.717) is 24.2 Å². The Labute approximate surface area is 119 Å². The summed E-state index contributed by atoms with van der Waals surface area (Å²) in [4.78, 5) is 0. The van der Waals surface area contributed by atoms with Crippen LogP contribution in [0.15, 0.2) is 6.07 Å². The number of fused-ring (bicyclic) bond motifs is 1. The van der Waals surface area contributed by atoms with Gasteiger partial charge in [-0.3, -0.25) is 0 Å². The fraction of sp³-hybridized carbons (Fsp3) is 0.600. The van der Waals surface area contributed by atoms with E-state index in [-0.39, 0.29) is 0 Å². The lowest BCUT2D eigenvalue weighted by molar-refractivity contribution is 0.169. The summed E-state index contributed by atoms with van der Waals surface area (Å²) in [6, 6.07) is 2.09. The molecule has 0 aliphatic carbocycles.